The number of nitrogens with zero attached hydrogens (tertiary/aromatic N) is 2. The summed E-state index contributed by atoms with van der Waals surface area (Å²) in [5.41, 5.74) is 9.67. The Bertz CT molecular complexity index is 1970. The molecule has 53 heavy (non-hydrogen) atoms. The number of hydrogen-bond donors (Lipinski definition) is 3. The van der Waals surface area contributed by atoms with E-state index in [2.05, 4.69) is 11.0 Å². The van der Waals surface area contributed by atoms with Crippen LogP contribution in [-0.2, 0) is 19.1 Å². The maximum atomic E-state index is 12.6. The Morgan fingerprint density at radius 1 is 0.925 bits per heavy atom. The number of carbonyl (C=O) groups is 2. The number of nitro groups is 1. The Morgan fingerprint density at radius 2 is 1.64 bits per heavy atom. The van der Waals surface area contributed by atoms with Gasteiger partial charge in [0, 0.05) is 66.0 Å². The van der Waals surface area contributed by atoms with E-state index in [1.807, 2.05) is 72.8 Å². The standard InChI is InChI=1S/C40H40N4O8S/c45-35(15-9-1-2-10-16-36(46)43-47)41-31-21-17-27(18-22-31)34-25-33(50-39(51-34)30-19-23-32(24-20-30)44(48)49)26-53-40-42-37(28-11-5-3-6-12-28)38(52-40)29-13-7-4-8-14-29/h3,5-8,11-13,17-24,33-34,39,47H,1-2,9-10,14-16,25-26H2,(H,41,45)(H,43,46). The number of unbranched alkanes of at least 4 members (excludes halogenated alkanes) is 3. The molecular formula is C40H40N4O8S. The summed E-state index contributed by atoms with van der Waals surface area (Å²) in [6, 6.07) is 23.6. The predicted octanol–water partition coefficient (Wildman–Crippen LogP) is 8.87. The van der Waals surface area contributed by atoms with Crippen molar-refractivity contribution in [2.45, 2.75) is 75.1 Å². The molecule has 1 aliphatic carbocycles. The number of oxazole rings is 1. The number of allylic oxidation sites excluding steroid dienone is 3. The van der Waals surface area contributed by atoms with Crippen LogP contribution in [0.1, 0.15) is 80.6 Å². The lowest BCUT2D eigenvalue weighted by Gasteiger charge is -2.36. The first-order chi connectivity index (χ1) is 25.9. The van der Waals surface area contributed by atoms with Crippen LogP contribution in [0.4, 0.5) is 11.4 Å². The Hall–Kier alpha value is -5.30. The molecule has 0 saturated carbocycles. The van der Waals surface area contributed by atoms with Crippen LogP contribution in [0.3, 0.4) is 0 Å². The number of carbonyl (C=O) groups excluding carboxylic acids is 2. The molecule has 274 valence electrons. The van der Waals surface area contributed by atoms with Crippen molar-refractivity contribution < 1.29 is 33.6 Å². The van der Waals surface area contributed by atoms with Gasteiger partial charge in [0.1, 0.15) is 5.69 Å². The van der Waals surface area contributed by atoms with E-state index in [-0.39, 0.29) is 30.2 Å². The number of non-ortho nitro benzene ring substituents is 1. The van der Waals surface area contributed by atoms with Crippen LogP contribution in [0.25, 0.3) is 16.8 Å². The van der Waals surface area contributed by atoms with E-state index in [1.165, 1.54) is 23.9 Å². The van der Waals surface area contributed by atoms with Crippen LogP contribution in [0.15, 0.2) is 112 Å². The van der Waals surface area contributed by atoms with E-state index < -0.39 is 17.1 Å². The summed E-state index contributed by atoms with van der Waals surface area (Å²) in [6.07, 6.45) is 9.18. The van der Waals surface area contributed by atoms with Crippen molar-refractivity contribution >= 4 is 40.5 Å². The molecule has 4 aromatic rings. The van der Waals surface area contributed by atoms with Gasteiger partial charge in [-0.2, -0.15) is 0 Å². The third-order valence-electron chi connectivity index (χ3n) is 8.87. The fourth-order valence-electron chi connectivity index (χ4n) is 6.08. The quantitative estimate of drug-likeness (QED) is 0.0253. The number of rotatable bonds is 16. The first-order valence-corrected chi connectivity index (χ1v) is 18.5. The van der Waals surface area contributed by atoms with Crippen molar-refractivity contribution in [2.75, 3.05) is 11.1 Å². The van der Waals surface area contributed by atoms with Gasteiger partial charge in [0.2, 0.25) is 11.8 Å². The minimum atomic E-state index is -0.775. The predicted molar refractivity (Wildman–Crippen MR) is 200 cm³/mol. The molecule has 3 unspecified atom stereocenters. The average Bonchev–Trinajstić information content (AvgIpc) is 3.63. The summed E-state index contributed by atoms with van der Waals surface area (Å²) in [6.45, 7) is 0. The molecule has 6 rings (SSSR count). The van der Waals surface area contributed by atoms with Gasteiger partial charge in [-0.05, 0) is 60.9 Å². The smallest absolute Gasteiger partial charge is 0.269 e. The number of hydroxylamine groups is 1. The minimum absolute atomic E-state index is 0.0223. The second kappa shape index (κ2) is 18.5. The Labute approximate surface area is 311 Å². The van der Waals surface area contributed by atoms with Crippen molar-refractivity contribution in [3.05, 3.63) is 130 Å². The fourth-order valence-corrected chi connectivity index (χ4v) is 6.92. The SMILES string of the molecule is O=C(CCCCCCC(=O)Nc1ccc(C2CC(CSc3nc(-c4ccccc4)c(C4=CC=C=CC4)o3)OC(c3ccc([N+](=O)[O-])cc3)O2)cc1)NO. The molecule has 2 aliphatic rings. The molecule has 0 radical (unpaired) electrons. The third-order valence-corrected chi connectivity index (χ3v) is 9.83. The Morgan fingerprint density at radius 3 is 2.32 bits per heavy atom. The molecule has 0 bridgehead atoms. The van der Waals surface area contributed by atoms with E-state index in [0.717, 1.165) is 41.0 Å². The van der Waals surface area contributed by atoms with Crippen molar-refractivity contribution in [3.8, 4) is 11.3 Å². The number of anilines is 1. The highest BCUT2D eigenvalue weighted by Crippen LogP contribution is 2.41. The number of nitrogens with one attached hydrogen (secondary N) is 2. The van der Waals surface area contributed by atoms with Crippen LogP contribution in [0.2, 0.25) is 0 Å². The lowest BCUT2D eigenvalue weighted by atomic mass is 10.0. The largest absolute Gasteiger partial charge is 0.431 e. The van der Waals surface area contributed by atoms with E-state index in [0.29, 0.717) is 54.3 Å². The molecule has 12 nitrogen and oxygen atoms in total. The molecule has 0 spiro atoms. The topological polar surface area (TPSA) is 166 Å². The normalized spacial score (nSPS) is 18.0. The lowest BCUT2D eigenvalue weighted by molar-refractivity contribution is -0.384. The maximum Gasteiger partial charge on any atom is 0.269 e. The summed E-state index contributed by atoms with van der Waals surface area (Å²) in [5, 5.41) is 23.3. The summed E-state index contributed by atoms with van der Waals surface area (Å²) in [5.74, 6) is 0.731. The number of thioether (sulfide) groups is 1. The summed E-state index contributed by atoms with van der Waals surface area (Å²) < 4.78 is 19.2. The molecular weight excluding hydrogens is 697 g/mol. The number of hydrogen-bond acceptors (Lipinski definition) is 10. The first kappa shape index (κ1) is 37.5. The van der Waals surface area contributed by atoms with Crippen LogP contribution in [-0.4, -0.2) is 38.8 Å². The second-order valence-electron chi connectivity index (χ2n) is 12.7. The molecule has 1 fully saturated rings. The Balaban J connectivity index is 1.13. The van der Waals surface area contributed by atoms with Gasteiger partial charge < -0.3 is 19.2 Å². The number of amides is 2. The monoisotopic (exact) mass is 736 g/mol. The van der Waals surface area contributed by atoms with Gasteiger partial charge in [-0.1, -0.05) is 67.1 Å². The maximum absolute atomic E-state index is 12.6. The third kappa shape index (κ3) is 10.4. The molecule has 1 aliphatic heterocycles. The minimum Gasteiger partial charge on any atom is -0.431 e. The molecule has 3 atom stereocenters. The van der Waals surface area contributed by atoms with Crippen LogP contribution < -0.4 is 10.8 Å². The summed E-state index contributed by atoms with van der Waals surface area (Å²) >= 11 is 1.46. The highest BCUT2D eigenvalue weighted by atomic mass is 32.2. The number of benzene rings is 3. The van der Waals surface area contributed by atoms with Crippen molar-refractivity contribution in [3.63, 3.8) is 0 Å². The summed E-state index contributed by atoms with van der Waals surface area (Å²) in [7, 11) is 0. The first-order valence-electron chi connectivity index (χ1n) is 17.5. The number of aromatic nitrogens is 1. The van der Waals surface area contributed by atoms with Gasteiger partial charge in [0.05, 0.1) is 17.1 Å². The van der Waals surface area contributed by atoms with E-state index in [4.69, 9.17) is 24.1 Å². The van der Waals surface area contributed by atoms with E-state index in [1.54, 1.807) is 17.6 Å². The molecule has 1 aromatic heterocycles. The van der Waals surface area contributed by atoms with Gasteiger partial charge in [0.15, 0.2) is 12.1 Å². The zero-order valence-electron chi connectivity index (χ0n) is 28.9. The van der Waals surface area contributed by atoms with Gasteiger partial charge in [-0.3, -0.25) is 24.9 Å². The molecule has 3 N–H and O–H groups in total. The zero-order chi connectivity index (χ0) is 37.0. The molecule has 3 aromatic carbocycles. The van der Waals surface area contributed by atoms with Crippen LogP contribution in [0, 0.1) is 10.1 Å². The Kier molecular flexibility index (Phi) is 13.0. The van der Waals surface area contributed by atoms with Crippen molar-refractivity contribution in [1.82, 2.24) is 10.5 Å². The molecule has 13 heteroatoms. The van der Waals surface area contributed by atoms with Gasteiger partial charge in [0.25, 0.3) is 10.9 Å². The van der Waals surface area contributed by atoms with Crippen LogP contribution >= 0.6 is 11.8 Å². The summed E-state index contributed by atoms with van der Waals surface area (Å²) in [4.78, 5) is 39.4. The highest BCUT2D eigenvalue weighted by molar-refractivity contribution is 7.99. The van der Waals surface area contributed by atoms with Gasteiger partial charge >= 0.3 is 0 Å². The molecule has 2 amide bonds. The molecule has 1 saturated heterocycles. The molecule has 2 heterocycles. The van der Waals surface area contributed by atoms with Gasteiger partial charge in [-0.15, -0.1) is 5.73 Å². The number of ether oxygens (including phenoxy) is 2. The second-order valence-corrected chi connectivity index (χ2v) is 13.7. The van der Waals surface area contributed by atoms with E-state index in [9.17, 15) is 19.7 Å². The fraction of sp³-hybridized carbons (Fsp3) is 0.300. The van der Waals surface area contributed by atoms with Crippen molar-refractivity contribution in [2.24, 2.45) is 0 Å². The highest BCUT2D eigenvalue weighted by Gasteiger charge is 2.33. The zero-order valence-corrected chi connectivity index (χ0v) is 29.8. The lowest BCUT2D eigenvalue weighted by Crippen LogP contribution is -2.31. The van der Waals surface area contributed by atoms with Crippen molar-refractivity contribution in [1.29, 1.82) is 0 Å². The van der Waals surface area contributed by atoms with Crippen LogP contribution in [0.5, 0.6) is 0 Å². The van der Waals surface area contributed by atoms with Gasteiger partial charge in [-0.25, -0.2) is 10.5 Å². The average molecular weight is 737 g/mol. The number of nitro benzene ring substituents is 1. The van der Waals surface area contributed by atoms with E-state index >= 15 is 0 Å².